The number of alkyl halides is 1. The minimum Gasteiger partial charge on any atom is -0.497 e. The number of rotatable bonds is 2. The third-order valence-electron chi connectivity index (χ3n) is 2.15. The van der Waals surface area contributed by atoms with Crippen LogP contribution in [0.1, 0.15) is 5.82 Å². The van der Waals surface area contributed by atoms with Gasteiger partial charge in [-0.1, -0.05) is 0 Å². The zero-order chi connectivity index (χ0) is 11.7. The van der Waals surface area contributed by atoms with Gasteiger partial charge in [-0.05, 0) is 22.0 Å². The lowest BCUT2D eigenvalue weighted by atomic mass is 10.2. The maximum Gasteiger partial charge on any atom is 0.259 e. The van der Waals surface area contributed by atoms with E-state index in [1.54, 1.807) is 19.2 Å². The summed E-state index contributed by atoms with van der Waals surface area (Å²) in [5.41, 5.74) is 0.348. The molecule has 4 nitrogen and oxygen atoms in total. The van der Waals surface area contributed by atoms with Crippen LogP contribution in [0.25, 0.3) is 10.9 Å². The monoisotopic (exact) mass is 302 g/mol. The van der Waals surface area contributed by atoms with Crippen LogP contribution in [0, 0.1) is 0 Å². The summed E-state index contributed by atoms with van der Waals surface area (Å²) in [6.45, 7) is 0. The van der Waals surface area contributed by atoms with E-state index in [2.05, 4.69) is 25.9 Å². The third kappa shape index (κ3) is 1.92. The van der Waals surface area contributed by atoms with Crippen molar-refractivity contribution in [2.45, 2.75) is 5.88 Å². The molecule has 0 amide bonds. The number of aromatic amines is 1. The lowest BCUT2D eigenvalue weighted by Gasteiger charge is -2.05. The molecule has 0 aliphatic heterocycles. The van der Waals surface area contributed by atoms with Gasteiger partial charge in [0, 0.05) is 10.5 Å². The van der Waals surface area contributed by atoms with Gasteiger partial charge in [-0.2, -0.15) is 0 Å². The molecule has 0 fully saturated rings. The molecule has 1 N–H and O–H groups in total. The van der Waals surface area contributed by atoms with Crippen molar-refractivity contribution < 1.29 is 4.74 Å². The molecule has 0 aliphatic rings. The van der Waals surface area contributed by atoms with Crippen LogP contribution in [0.15, 0.2) is 21.4 Å². The molecule has 1 aromatic heterocycles. The Bertz CT molecular complexity index is 592. The van der Waals surface area contributed by atoms with Crippen LogP contribution >= 0.6 is 27.5 Å². The number of fused-ring (bicyclic) bond motifs is 1. The quantitative estimate of drug-likeness (QED) is 0.867. The van der Waals surface area contributed by atoms with E-state index in [1.165, 1.54) is 0 Å². The summed E-state index contributed by atoms with van der Waals surface area (Å²) < 4.78 is 5.75. The second-order valence-electron chi connectivity index (χ2n) is 3.15. The number of benzene rings is 1. The van der Waals surface area contributed by atoms with E-state index in [9.17, 15) is 4.79 Å². The zero-order valence-electron chi connectivity index (χ0n) is 8.38. The predicted molar refractivity (Wildman–Crippen MR) is 66.2 cm³/mol. The highest BCUT2D eigenvalue weighted by Crippen LogP contribution is 2.25. The molecule has 2 aromatic rings. The molecule has 2 rings (SSSR count). The standard InChI is InChI=1S/C10H8BrClN2O2/c1-16-5-2-6(11)9-7(3-5)13-8(4-12)14-10(9)15/h2-3H,4H2,1H3,(H,13,14,15). The third-order valence-corrected chi connectivity index (χ3v) is 3.02. The molecule has 0 saturated heterocycles. The number of ether oxygens (including phenoxy) is 1. The van der Waals surface area contributed by atoms with E-state index < -0.39 is 0 Å². The first-order valence-electron chi connectivity index (χ1n) is 4.48. The first-order chi connectivity index (χ1) is 7.65. The van der Waals surface area contributed by atoms with Crippen LogP contribution in [-0.2, 0) is 5.88 Å². The average molecular weight is 304 g/mol. The molecule has 0 bridgehead atoms. The Morgan fingerprint density at radius 2 is 2.31 bits per heavy atom. The lowest BCUT2D eigenvalue weighted by Crippen LogP contribution is -2.11. The Morgan fingerprint density at radius 3 is 2.94 bits per heavy atom. The number of hydrogen-bond donors (Lipinski definition) is 1. The van der Waals surface area contributed by atoms with Crippen LogP contribution in [-0.4, -0.2) is 17.1 Å². The number of nitrogens with zero attached hydrogens (tertiary/aromatic N) is 1. The number of aromatic nitrogens is 2. The summed E-state index contributed by atoms with van der Waals surface area (Å²) in [5.74, 6) is 1.25. The lowest BCUT2D eigenvalue weighted by molar-refractivity contribution is 0.415. The highest BCUT2D eigenvalue weighted by molar-refractivity contribution is 9.10. The van der Waals surface area contributed by atoms with Gasteiger partial charge in [0.25, 0.3) is 5.56 Å². The highest BCUT2D eigenvalue weighted by Gasteiger charge is 2.09. The molecule has 0 spiro atoms. The van der Waals surface area contributed by atoms with Gasteiger partial charge in [-0.3, -0.25) is 4.79 Å². The van der Waals surface area contributed by atoms with Crippen molar-refractivity contribution in [2.24, 2.45) is 0 Å². The second kappa shape index (κ2) is 4.43. The fourth-order valence-corrected chi connectivity index (χ4v) is 2.16. The minimum atomic E-state index is -0.213. The minimum absolute atomic E-state index is 0.167. The second-order valence-corrected chi connectivity index (χ2v) is 4.27. The first kappa shape index (κ1) is 11.4. The molecule has 0 radical (unpaired) electrons. The highest BCUT2D eigenvalue weighted by atomic mass is 79.9. The van der Waals surface area contributed by atoms with E-state index in [4.69, 9.17) is 16.3 Å². The van der Waals surface area contributed by atoms with Gasteiger partial charge in [0.15, 0.2) is 0 Å². The van der Waals surface area contributed by atoms with Gasteiger partial charge < -0.3 is 9.72 Å². The molecule has 0 unspecified atom stereocenters. The molecule has 1 heterocycles. The average Bonchev–Trinajstić information content (AvgIpc) is 2.27. The van der Waals surface area contributed by atoms with Crippen LogP contribution in [0.5, 0.6) is 5.75 Å². The number of nitrogens with one attached hydrogen (secondary N) is 1. The van der Waals surface area contributed by atoms with E-state index in [0.29, 0.717) is 26.9 Å². The summed E-state index contributed by atoms with van der Waals surface area (Å²) in [5, 5.41) is 0.495. The van der Waals surface area contributed by atoms with Crippen LogP contribution in [0.4, 0.5) is 0 Å². The summed E-state index contributed by atoms with van der Waals surface area (Å²) in [6, 6.07) is 3.42. The van der Waals surface area contributed by atoms with Crippen molar-refractivity contribution in [3.05, 3.63) is 32.8 Å². The Labute approximate surface area is 105 Å². The molecule has 1 aromatic carbocycles. The zero-order valence-corrected chi connectivity index (χ0v) is 10.7. The maximum absolute atomic E-state index is 11.8. The van der Waals surface area contributed by atoms with Gasteiger partial charge in [0.1, 0.15) is 11.6 Å². The maximum atomic E-state index is 11.8. The largest absolute Gasteiger partial charge is 0.497 e. The van der Waals surface area contributed by atoms with Crippen LogP contribution in [0.2, 0.25) is 0 Å². The predicted octanol–water partition coefficient (Wildman–Crippen LogP) is 2.43. The summed E-state index contributed by atoms with van der Waals surface area (Å²) >= 11 is 8.95. The summed E-state index contributed by atoms with van der Waals surface area (Å²) in [6.07, 6.45) is 0. The van der Waals surface area contributed by atoms with Crippen molar-refractivity contribution in [1.29, 1.82) is 0 Å². The molecule has 6 heteroatoms. The molecule has 16 heavy (non-hydrogen) atoms. The first-order valence-corrected chi connectivity index (χ1v) is 5.81. The van der Waals surface area contributed by atoms with Gasteiger partial charge in [0.2, 0.25) is 0 Å². The van der Waals surface area contributed by atoms with Gasteiger partial charge >= 0.3 is 0 Å². The van der Waals surface area contributed by atoms with Crippen molar-refractivity contribution in [1.82, 2.24) is 9.97 Å². The van der Waals surface area contributed by atoms with Crippen molar-refractivity contribution >= 4 is 38.4 Å². The molecule has 84 valence electrons. The Kier molecular flexibility index (Phi) is 3.16. The molecule has 0 saturated carbocycles. The van der Waals surface area contributed by atoms with E-state index in [1.807, 2.05) is 0 Å². The van der Waals surface area contributed by atoms with E-state index in [0.717, 1.165) is 0 Å². The smallest absolute Gasteiger partial charge is 0.259 e. The van der Waals surface area contributed by atoms with Crippen molar-refractivity contribution in [3.8, 4) is 5.75 Å². The normalized spacial score (nSPS) is 10.7. The summed E-state index contributed by atoms with van der Waals surface area (Å²) in [7, 11) is 1.56. The number of methoxy groups -OCH3 is 1. The topological polar surface area (TPSA) is 55.0 Å². The fourth-order valence-electron chi connectivity index (χ4n) is 1.43. The fraction of sp³-hybridized carbons (Fsp3) is 0.200. The number of hydrogen-bond acceptors (Lipinski definition) is 3. The molecule has 0 aliphatic carbocycles. The number of halogens is 2. The van der Waals surface area contributed by atoms with Crippen LogP contribution in [0.3, 0.4) is 0 Å². The Hall–Kier alpha value is -1.07. The van der Waals surface area contributed by atoms with Gasteiger partial charge in [-0.25, -0.2) is 4.98 Å². The Balaban J connectivity index is 2.84. The molecular formula is C10H8BrClN2O2. The van der Waals surface area contributed by atoms with Gasteiger partial charge in [0.05, 0.1) is 23.9 Å². The Morgan fingerprint density at radius 1 is 1.56 bits per heavy atom. The van der Waals surface area contributed by atoms with E-state index >= 15 is 0 Å². The van der Waals surface area contributed by atoms with Crippen LogP contribution < -0.4 is 10.3 Å². The SMILES string of the molecule is COc1cc(Br)c2c(=O)[nH]c(CCl)nc2c1. The van der Waals surface area contributed by atoms with Gasteiger partial charge in [-0.15, -0.1) is 11.6 Å². The molecule has 0 atom stereocenters. The van der Waals surface area contributed by atoms with Crippen molar-refractivity contribution in [3.63, 3.8) is 0 Å². The van der Waals surface area contributed by atoms with Crippen molar-refractivity contribution in [2.75, 3.05) is 7.11 Å². The number of H-pyrrole nitrogens is 1. The molecular weight excluding hydrogens is 295 g/mol. The van der Waals surface area contributed by atoms with E-state index in [-0.39, 0.29) is 11.4 Å². The summed E-state index contributed by atoms with van der Waals surface area (Å²) in [4.78, 5) is 18.6.